The van der Waals surface area contributed by atoms with Gasteiger partial charge in [-0.05, 0) is 125 Å². The number of hydrogen-bond donors (Lipinski definition) is 0. The second kappa shape index (κ2) is 18.0. The van der Waals surface area contributed by atoms with Gasteiger partial charge >= 0.3 is 36.2 Å². The molecule has 0 saturated carbocycles. The van der Waals surface area contributed by atoms with Crippen molar-refractivity contribution in [2.45, 2.75) is 57.7 Å². The maximum Gasteiger partial charge on any atom is 0.514 e. The molecule has 0 bridgehead atoms. The topological polar surface area (TPSA) is 195 Å². The monoisotopic (exact) mass is 798 g/mol. The predicted octanol–water partition coefficient (Wildman–Crippen LogP) is 6.52. The molecule has 2 fully saturated rings. The van der Waals surface area contributed by atoms with Crippen LogP contribution in [0.4, 0.5) is 9.59 Å². The highest BCUT2D eigenvalue weighted by atomic mass is 16.7. The van der Waals surface area contributed by atoms with E-state index in [4.69, 9.17) is 47.4 Å². The molecule has 16 heteroatoms. The molecule has 4 aromatic carbocycles. The van der Waals surface area contributed by atoms with E-state index >= 15 is 0 Å². The normalized spacial score (nSPS) is 18.2. The first kappa shape index (κ1) is 40.9. The standard InChI is InChI=1S/C42H38O16/c1-5-49-40(47)54-30-18-10-24(11-19-30)36(43)52-28-14-6-26(7-15-28)38(45)56-32-22-50-35-33(23-51-34(32)35)57-39(46)27-8-16-29(17-9-27)53-37(44)25-12-20-31(21-13-25)55-41(48)58-42(2,3)4/h6-21,32-35H,5,22-23H2,1-4H3/t32-,33-,34+,35+/m1/s1. The Hall–Kier alpha value is -6.78. The van der Waals surface area contributed by atoms with Crippen LogP contribution in [-0.2, 0) is 28.4 Å². The maximum absolute atomic E-state index is 13.0. The molecule has 0 N–H and O–H groups in total. The summed E-state index contributed by atoms with van der Waals surface area (Å²) in [6.45, 7) is 6.94. The molecule has 0 radical (unpaired) electrons. The van der Waals surface area contributed by atoms with Crippen molar-refractivity contribution in [2.24, 2.45) is 0 Å². The van der Waals surface area contributed by atoms with Crippen molar-refractivity contribution in [1.82, 2.24) is 0 Å². The van der Waals surface area contributed by atoms with E-state index in [-0.39, 0.29) is 65.1 Å². The highest BCUT2D eigenvalue weighted by molar-refractivity contribution is 5.93. The number of carbonyl (C=O) groups excluding carboxylic acids is 6. The van der Waals surface area contributed by atoms with Gasteiger partial charge in [0.15, 0.2) is 12.2 Å². The first-order chi connectivity index (χ1) is 27.7. The summed E-state index contributed by atoms with van der Waals surface area (Å²) in [5.41, 5.74) is 0.0312. The van der Waals surface area contributed by atoms with Crippen molar-refractivity contribution >= 4 is 36.2 Å². The average molecular weight is 799 g/mol. The van der Waals surface area contributed by atoms with Gasteiger partial charge in [0.25, 0.3) is 0 Å². The van der Waals surface area contributed by atoms with Crippen molar-refractivity contribution < 1.29 is 76.1 Å². The van der Waals surface area contributed by atoms with Crippen LogP contribution >= 0.6 is 0 Å². The van der Waals surface area contributed by atoms with Gasteiger partial charge in [-0.3, -0.25) is 0 Å². The smallest absolute Gasteiger partial charge is 0.453 e. The van der Waals surface area contributed by atoms with Crippen molar-refractivity contribution in [3.8, 4) is 23.0 Å². The Balaban J connectivity index is 0.941. The van der Waals surface area contributed by atoms with Gasteiger partial charge in [0.2, 0.25) is 0 Å². The third-order valence-corrected chi connectivity index (χ3v) is 8.31. The fourth-order valence-electron chi connectivity index (χ4n) is 5.62. The van der Waals surface area contributed by atoms with Crippen LogP contribution in [-0.4, -0.2) is 86.0 Å². The highest BCUT2D eigenvalue weighted by Gasteiger charge is 2.51. The van der Waals surface area contributed by atoms with Gasteiger partial charge in [-0.15, -0.1) is 0 Å². The second-order valence-electron chi connectivity index (χ2n) is 13.7. The number of benzene rings is 4. The van der Waals surface area contributed by atoms with E-state index in [2.05, 4.69) is 0 Å². The summed E-state index contributed by atoms with van der Waals surface area (Å²) in [7, 11) is 0. The molecule has 0 aliphatic carbocycles. The molecular weight excluding hydrogens is 760 g/mol. The van der Waals surface area contributed by atoms with E-state index in [9.17, 15) is 28.8 Å². The molecule has 302 valence electrons. The predicted molar refractivity (Wildman–Crippen MR) is 198 cm³/mol. The zero-order valence-corrected chi connectivity index (χ0v) is 31.7. The summed E-state index contributed by atoms with van der Waals surface area (Å²) >= 11 is 0. The molecule has 4 aromatic rings. The average Bonchev–Trinajstić information content (AvgIpc) is 3.78. The van der Waals surface area contributed by atoms with Crippen LogP contribution in [0.3, 0.4) is 0 Å². The Kier molecular flexibility index (Phi) is 12.7. The lowest BCUT2D eigenvalue weighted by molar-refractivity contribution is -0.0287. The fraction of sp³-hybridized carbons (Fsp3) is 0.286. The van der Waals surface area contributed by atoms with E-state index in [1.165, 1.54) is 97.1 Å². The third-order valence-electron chi connectivity index (χ3n) is 8.31. The minimum absolute atomic E-state index is 0.00758. The number of ether oxygens (including phenoxy) is 10. The molecule has 6 rings (SSSR count). The highest BCUT2D eigenvalue weighted by Crippen LogP contribution is 2.32. The van der Waals surface area contributed by atoms with Gasteiger partial charge in [-0.2, -0.15) is 0 Å². The van der Waals surface area contributed by atoms with Crippen LogP contribution in [0.2, 0.25) is 0 Å². The van der Waals surface area contributed by atoms with Gasteiger partial charge in [-0.25, -0.2) is 28.8 Å². The summed E-state index contributed by atoms with van der Waals surface area (Å²) in [6, 6.07) is 22.9. The number of fused-ring (bicyclic) bond motifs is 1. The van der Waals surface area contributed by atoms with Gasteiger partial charge < -0.3 is 47.4 Å². The Morgan fingerprint density at radius 1 is 0.500 bits per heavy atom. The van der Waals surface area contributed by atoms with Crippen molar-refractivity contribution in [3.05, 3.63) is 119 Å². The first-order valence-electron chi connectivity index (χ1n) is 18.0. The minimum atomic E-state index is -0.875. The number of esters is 4. The molecule has 2 saturated heterocycles. The molecule has 4 atom stereocenters. The van der Waals surface area contributed by atoms with Crippen molar-refractivity contribution in [2.75, 3.05) is 19.8 Å². The summed E-state index contributed by atoms with van der Waals surface area (Å²) in [5.74, 6) is -1.96. The Bertz CT molecular complexity index is 2120. The van der Waals surface area contributed by atoms with Crippen LogP contribution in [0.5, 0.6) is 23.0 Å². The molecule has 2 heterocycles. The zero-order valence-electron chi connectivity index (χ0n) is 31.7. The van der Waals surface area contributed by atoms with Gasteiger partial charge in [0.1, 0.15) is 40.8 Å². The molecule has 2 aliphatic heterocycles. The summed E-state index contributed by atoms with van der Waals surface area (Å²) < 4.78 is 53.6. The van der Waals surface area contributed by atoms with Gasteiger partial charge in [0, 0.05) is 0 Å². The molecular formula is C42H38O16. The number of hydrogen-bond acceptors (Lipinski definition) is 16. The van der Waals surface area contributed by atoms with E-state index in [0.29, 0.717) is 0 Å². The lowest BCUT2D eigenvalue weighted by Crippen LogP contribution is -2.36. The number of rotatable bonds is 11. The lowest BCUT2D eigenvalue weighted by Gasteiger charge is -2.18. The number of carbonyl (C=O) groups is 6. The van der Waals surface area contributed by atoms with Crippen LogP contribution in [0.1, 0.15) is 69.1 Å². The van der Waals surface area contributed by atoms with Crippen molar-refractivity contribution in [3.63, 3.8) is 0 Å². The fourth-order valence-corrected chi connectivity index (χ4v) is 5.62. The summed E-state index contributed by atoms with van der Waals surface area (Å²) in [5, 5.41) is 0. The molecule has 0 unspecified atom stereocenters. The maximum atomic E-state index is 13.0. The molecule has 0 aromatic heterocycles. The molecule has 0 spiro atoms. The molecule has 2 aliphatic rings. The molecule has 0 amide bonds. The lowest BCUT2D eigenvalue weighted by atomic mass is 10.1. The van der Waals surface area contributed by atoms with E-state index in [0.717, 1.165) is 0 Å². The van der Waals surface area contributed by atoms with Crippen LogP contribution in [0, 0.1) is 0 Å². The van der Waals surface area contributed by atoms with E-state index in [1.807, 2.05) is 0 Å². The van der Waals surface area contributed by atoms with E-state index in [1.54, 1.807) is 27.7 Å². The summed E-state index contributed by atoms with van der Waals surface area (Å²) in [4.78, 5) is 74.6. The Labute approximate surface area is 331 Å². The zero-order chi connectivity index (χ0) is 41.4. The Morgan fingerprint density at radius 3 is 1.17 bits per heavy atom. The van der Waals surface area contributed by atoms with Crippen LogP contribution in [0.25, 0.3) is 0 Å². The third kappa shape index (κ3) is 10.7. The summed E-state index contributed by atoms with van der Waals surface area (Å²) in [6.07, 6.45) is -4.67. The SMILES string of the molecule is CCOC(=O)Oc1ccc(C(=O)Oc2ccc(C(=O)O[C@@H]3CO[C@@H]4[C@H]3OC[C@H]4OC(=O)c3ccc(OC(=O)c4ccc(OC(=O)OC(C)(C)C)cc4)cc3)cc2)cc1. The molecule has 16 nitrogen and oxygen atoms in total. The minimum Gasteiger partial charge on any atom is -0.453 e. The molecule has 58 heavy (non-hydrogen) atoms. The van der Waals surface area contributed by atoms with Crippen LogP contribution in [0.15, 0.2) is 97.1 Å². The Morgan fingerprint density at radius 2 is 0.828 bits per heavy atom. The van der Waals surface area contributed by atoms with Crippen molar-refractivity contribution in [1.29, 1.82) is 0 Å². The van der Waals surface area contributed by atoms with Gasteiger partial charge in [-0.1, -0.05) is 0 Å². The van der Waals surface area contributed by atoms with Crippen LogP contribution < -0.4 is 18.9 Å². The first-order valence-corrected chi connectivity index (χ1v) is 18.0. The van der Waals surface area contributed by atoms with E-state index < -0.39 is 66.2 Å². The van der Waals surface area contributed by atoms with Gasteiger partial charge in [0.05, 0.1) is 42.1 Å². The quantitative estimate of drug-likeness (QED) is 0.0688. The second-order valence-corrected chi connectivity index (χ2v) is 13.7. The largest absolute Gasteiger partial charge is 0.514 e.